The third-order valence-corrected chi connectivity index (χ3v) is 3.39. The van der Waals surface area contributed by atoms with E-state index in [1.165, 1.54) is 0 Å². The number of nitrogens with zero attached hydrogens (tertiary/aromatic N) is 1. The van der Waals surface area contributed by atoms with Crippen LogP contribution in [0.3, 0.4) is 0 Å². The Bertz CT molecular complexity index is 521. The Morgan fingerprint density at radius 1 is 1.33 bits per heavy atom. The number of aliphatic carboxylic acids is 1. The fraction of sp³-hybridized carbons (Fsp3) is 0.429. The molecule has 0 spiro atoms. The van der Waals surface area contributed by atoms with Crippen molar-refractivity contribution in [1.82, 2.24) is 4.90 Å². The van der Waals surface area contributed by atoms with Crippen molar-refractivity contribution in [2.45, 2.75) is 32.7 Å². The van der Waals surface area contributed by atoms with Crippen LogP contribution in [0.1, 0.15) is 26.7 Å². The predicted molar refractivity (Wildman–Crippen MR) is 84.2 cm³/mol. The van der Waals surface area contributed by atoms with Gasteiger partial charge in [0.15, 0.2) is 0 Å². The molecule has 0 aliphatic carbocycles. The lowest BCUT2D eigenvalue weighted by Gasteiger charge is -2.27. The number of carbonyl (C=O) groups excluding carboxylic acids is 1. The Balaban J connectivity index is 2.70. The van der Waals surface area contributed by atoms with Crippen LogP contribution in [0.25, 0.3) is 0 Å². The summed E-state index contributed by atoms with van der Waals surface area (Å²) in [6, 6.07) is 4.43. The van der Waals surface area contributed by atoms with E-state index in [0.717, 1.165) is 0 Å². The van der Waals surface area contributed by atoms with Crippen LogP contribution >= 0.6 is 23.2 Å². The number of anilines is 1. The number of hydrogen-bond acceptors (Lipinski definition) is 2. The second-order valence-corrected chi connectivity index (χ2v) is 5.68. The van der Waals surface area contributed by atoms with Gasteiger partial charge in [-0.05, 0) is 38.5 Å². The number of carbonyl (C=O) groups is 2. The zero-order valence-electron chi connectivity index (χ0n) is 11.9. The summed E-state index contributed by atoms with van der Waals surface area (Å²) in [6.45, 7) is 4.09. The van der Waals surface area contributed by atoms with E-state index in [2.05, 4.69) is 5.32 Å². The van der Waals surface area contributed by atoms with E-state index in [0.29, 0.717) is 28.7 Å². The highest BCUT2D eigenvalue weighted by Crippen LogP contribution is 2.25. The zero-order valence-corrected chi connectivity index (χ0v) is 13.4. The van der Waals surface area contributed by atoms with Crippen molar-refractivity contribution >= 4 is 40.9 Å². The SMILES string of the molecule is CC(C)N(CCCC(=O)O)C(=O)Nc1ccc(Cl)cc1Cl. The lowest BCUT2D eigenvalue weighted by atomic mass is 10.2. The van der Waals surface area contributed by atoms with Crippen molar-refractivity contribution in [1.29, 1.82) is 0 Å². The number of amides is 2. The summed E-state index contributed by atoms with van der Waals surface area (Å²) in [5, 5.41) is 12.2. The third kappa shape index (κ3) is 5.81. The van der Waals surface area contributed by atoms with Crippen molar-refractivity contribution in [2.24, 2.45) is 0 Å². The van der Waals surface area contributed by atoms with Gasteiger partial charge in [-0.3, -0.25) is 4.79 Å². The van der Waals surface area contributed by atoms with Crippen molar-refractivity contribution in [3.05, 3.63) is 28.2 Å². The van der Waals surface area contributed by atoms with Crippen LogP contribution in [-0.4, -0.2) is 34.6 Å². The van der Waals surface area contributed by atoms with Crippen LogP contribution < -0.4 is 5.32 Å². The fourth-order valence-corrected chi connectivity index (χ4v) is 2.23. The number of nitrogens with one attached hydrogen (secondary N) is 1. The Kier molecular flexibility index (Phi) is 6.78. The molecule has 1 rings (SSSR count). The molecule has 2 amide bonds. The molecular weight excluding hydrogens is 315 g/mol. The van der Waals surface area contributed by atoms with Gasteiger partial charge in [-0.25, -0.2) is 4.79 Å². The maximum atomic E-state index is 12.2. The maximum Gasteiger partial charge on any atom is 0.322 e. The molecule has 0 aromatic heterocycles. The molecule has 0 fully saturated rings. The highest BCUT2D eigenvalue weighted by atomic mass is 35.5. The van der Waals surface area contributed by atoms with E-state index < -0.39 is 5.97 Å². The molecular formula is C14H18Cl2N2O3. The highest BCUT2D eigenvalue weighted by molar-refractivity contribution is 6.36. The minimum Gasteiger partial charge on any atom is -0.481 e. The Labute approximate surface area is 133 Å². The highest BCUT2D eigenvalue weighted by Gasteiger charge is 2.18. The molecule has 0 radical (unpaired) electrons. The average Bonchev–Trinajstić information content (AvgIpc) is 2.37. The monoisotopic (exact) mass is 332 g/mol. The van der Waals surface area contributed by atoms with Gasteiger partial charge >= 0.3 is 12.0 Å². The Hall–Kier alpha value is -1.46. The van der Waals surface area contributed by atoms with Crippen molar-refractivity contribution in [3.63, 3.8) is 0 Å². The third-order valence-electron chi connectivity index (χ3n) is 2.85. The standard InChI is InChI=1S/C14H18Cl2N2O3/c1-9(2)18(7-3-4-13(19)20)14(21)17-12-6-5-10(15)8-11(12)16/h5-6,8-9H,3-4,7H2,1-2H3,(H,17,21)(H,19,20). The van der Waals surface area contributed by atoms with Crippen LogP contribution in [0.4, 0.5) is 10.5 Å². The minimum atomic E-state index is -0.875. The predicted octanol–water partition coefficient (Wildman–Crippen LogP) is 4.10. The number of hydrogen-bond donors (Lipinski definition) is 2. The summed E-state index contributed by atoms with van der Waals surface area (Å²) < 4.78 is 0. The second-order valence-electron chi connectivity index (χ2n) is 4.84. The Morgan fingerprint density at radius 3 is 2.52 bits per heavy atom. The zero-order chi connectivity index (χ0) is 16.0. The largest absolute Gasteiger partial charge is 0.481 e. The van der Waals surface area contributed by atoms with E-state index in [4.69, 9.17) is 28.3 Å². The normalized spacial score (nSPS) is 10.5. The quantitative estimate of drug-likeness (QED) is 0.823. The number of halogens is 2. The van der Waals surface area contributed by atoms with Gasteiger partial charge in [0.05, 0.1) is 10.7 Å². The lowest BCUT2D eigenvalue weighted by Crippen LogP contribution is -2.40. The number of rotatable bonds is 6. The fourth-order valence-electron chi connectivity index (χ4n) is 1.77. The smallest absolute Gasteiger partial charge is 0.322 e. The minimum absolute atomic E-state index is 0.0260. The molecule has 0 atom stereocenters. The van der Waals surface area contributed by atoms with Gasteiger partial charge in [-0.1, -0.05) is 23.2 Å². The first kappa shape index (κ1) is 17.6. The first-order valence-corrected chi connectivity index (χ1v) is 7.31. The van der Waals surface area contributed by atoms with Crippen LogP contribution in [-0.2, 0) is 4.79 Å². The van der Waals surface area contributed by atoms with Gasteiger partial charge in [-0.15, -0.1) is 0 Å². The summed E-state index contributed by atoms with van der Waals surface area (Å²) in [6.07, 6.45) is 0.424. The van der Waals surface area contributed by atoms with Crippen LogP contribution in [0.5, 0.6) is 0 Å². The molecule has 1 aromatic rings. The molecule has 0 aliphatic heterocycles. The summed E-state index contributed by atoms with van der Waals surface area (Å²) in [7, 11) is 0. The second kappa shape index (κ2) is 8.10. The molecule has 0 saturated carbocycles. The summed E-state index contributed by atoms with van der Waals surface area (Å²) in [5.74, 6) is -0.875. The number of carboxylic acid groups (broad SMARTS) is 1. The van der Waals surface area contributed by atoms with Crippen molar-refractivity contribution in [2.75, 3.05) is 11.9 Å². The van der Waals surface area contributed by atoms with Crippen molar-refractivity contribution < 1.29 is 14.7 Å². The van der Waals surface area contributed by atoms with Crippen LogP contribution in [0, 0.1) is 0 Å². The first-order chi connectivity index (χ1) is 9.81. The molecule has 116 valence electrons. The summed E-state index contributed by atoms with van der Waals surface area (Å²) >= 11 is 11.8. The summed E-state index contributed by atoms with van der Waals surface area (Å²) in [5.41, 5.74) is 0.468. The van der Waals surface area contributed by atoms with Gasteiger partial charge in [0.25, 0.3) is 0 Å². The van der Waals surface area contributed by atoms with Gasteiger partial charge in [0.2, 0.25) is 0 Å². The van der Waals surface area contributed by atoms with Gasteiger partial charge < -0.3 is 15.3 Å². The molecule has 0 saturated heterocycles. The molecule has 0 bridgehead atoms. The maximum absolute atomic E-state index is 12.2. The first-order valence-electron chi connectivity index (χ1n) is 6.55. The van der Waals surface area contributed by atoms with Gasteiger partial charge in [-0.2, -0.15) is 0 Å². The molecule has 0 unspecified atom stereocenters. The Morgan fingerprint density at radius 2 is 2.00 bits per heavy atom. The van der Waals surface area contributed by atoms with Gasteiger partial charge in [0, 0.05) is 24.0 Å². The molecule has 2 N–H and O–H groups in total. The summed E-state index contributed by atoms with van der Waals surface area (Å²) in [4.78, 5) is 24.3. The molecule has 0 aliphatic rings. The van der Waals surface area contributed by atoms with Crippen molar-refractivity contribution in [3.8, 4) is 0 Å². The number of urea groups is 1. The number of carboxylic acids is 1. The van der Waals surface area contributed by atoms with E-state index in [1.54, 1.807) is 23.1 Å². The van der Waals surface area contributed by atoms with E-state index in [9.17, 15) is 9.59 Å². The van der Waals surface area contributed by atoms with E-state index in [-0.39, 0.29) is 18.5 Å². The van der Waals surface area contributed by atoms with E-state index in [1.807, 2.05) is 13.8 Å². The molecule has 0 heterocycles. The number of benzene rings is 1. The van der Waals surface area contributed by atoms with Gasteiger partial charge in [0.1, 0.15) is 0 Å². The molecule has 5 nitrogen and oxygen atoms in total. The van der Waals surface area contributed by atoms with Crippen LogP contribution in [0.2, 0.25) is 10.0 Å². The molecule has 1 aromatic carbocycles. The molecule has 7 heteroatoms. The average molecular weight is 333 g/mol. The topological polar surface area (TPSA) is 69.6 Å². The molecule has 21 heavy (non-hydrogen) atoms. The van der Waals surface area contributed by atoms with Crippen LogP contribution in [0.15, 0.2) is 18.2 Å². The lowest BCUT2D eigenvalue weighted by molar-refractivity contribution is -0.137. The van der Waals surface area contributed by atoms with E-state index >= 15 is 0 Å².